The minimum atomic E-state index is -3.93. The van der Waals surface area contributed by atoms with E-state index in [4.69, 9.17) is 0 Å². The Balaban J connectivity index is 6.65. The molecule has 4 N–H and O–H groups in total. The van der Waals surface area contributed by atoms with E-state index < -0.39 is 46.1 Å². The van der Waals surface area contributed by atoms with Crippen molar-refractivity contribution in [2.75, 3.05) is 0 Å². The minimum Gasteiger partial charge on any atom is -0.423 e. The molecule has 0 saturated heterocycles. The summed E-state index contributed by atoms with van der Waals surface area (Å²) in [4.78, 5) is 45.3. The lowest BCUT2D eigenvalue weighted by atomic mass is 9.92. The Morgan fingerprint density at radius 3 is 1.50 bits per heavy atom. The third kappa shape index (κ3) is 4.08. The van der Waals surface area contributed by atoms with E-state index in [-0.39, 0.29) is 0 Å². The zero-order valence-electron chi connectivity index (χ0n) is 13.1. The maximum Gasteiger partial charge on any atom is 0.355 e. The van der Waals surface area contributed by atoms with Crippen LogP contribution in [0, 0.1) is 0 Å². The third-order valence-corrected chi connectivity index (χ3v) is 3.20. The van der Waals surface area contributed by atoms with Gasteiger partial charge in [0.15, 0.2) is 0 Å². The van der Waals surface area contributed by atoms with Crippen molar-refractivity contribution in [3.05, 3.63) is 0 Å². The van der Waals surface area contributed by atoms with E-state index in [0.29, 0.717) is 13.8 Å². The van der Waals surface area contributed by atoms with Crippen molar-refractivity contribution in [1.82, 2.24) is 0 Å². The molecule has 11 nitrogen and oxygen atoms in total. The molecular formula is C12H17BrO11. The number of hydrogen-bond donors (Lipinski definition) is 4. The Morgan fingerprint density at radius 2 is 1.25 bits per heavy atom. The van der Waals surface area contributed by atoms with Crippen LogP contribution in [0.15, 0.2) is 0 Å². The molecular weight excluding hydrogens is 400 g/mol. The highest BCUT2D eigenvalue weighted by Crippen LogP contribution is 2.41. The van der Waals surface area contributed by atoms with E-state index in [9.17, 15) is 39.6 Å². The van der Waals surface area contributed by atoms with Gasteiger partial charge in [-0.3, -0.25) is 19.2 Å². The molecule has 0 radical (unpaired) electrons. The highest BCUT2D eigenvalue weighted by Gasteiger charge is 2.75. The number of carbonyl (C=O) groups excluding carboxylic acids is 4. The molecule has 0 fully saturated rings. The fourth-order valence-corrected chi connectivity index (χ4v) is 2.05. The topological polar surface area (TPSA) is 177 Å². The van der Waals surface area contributed by atoms with Crippen molar-refractivity contribution in [3.63, 3.8) is 0 Å². The van der Waals surface area contributed by atoms with Crippen LogP contribution in [0.2, 0.25) is 0 Å². The molecule has 0 spiro atoms. The average Bonchev–Trinajstić information content (AvgIpc) is 2.34. The van der Waals surface area contributed by atoms with E-state index in [1.54, 1.807) is 0 Å². The molecule has 0 amide bonds. The van der Waals surface area contributed by atoms with E-state index >= 15 is 0 Å². The number of aliphatic hydroxyl groups is 4. The third-order valence-electron chi connectivity index (χ3n) is 2.66. The van der Waals surface area contributed by atoms with Crippen LogP contribution in [0.4, 0.5) is 0 Å². The predicted octanol–water partition coefficient (Wildman–Crippen LogP) is -1.96. The molecule has 0 aromatic rings. The van der Waals surface area contributed by atoms with Crippen LogP contribution in [0.25, 0.3) is 0 Å². The van der Waals surface area contributed by atoms with E-state index in [2.05, 4.69) is 30.1 Å². The molecule has 138 valence electrons. The molecule has 0 bridgehead atoms. The van der Waals surface area contributed by atoms with Crippen molar-refractivity contribution in [2.24, 2.45) is 0 Å². The van der Waals surface area contributed by atoms with E-state index in [1.807, 2.05) is 0 Å². The molecule has 24 heavy (non-hydrogen) atoms. The average molecular weight is 417 g/mol. The first kappa shape index (κ1) is 22.4. The zero-order chi connectivity index (χ0) is 19.5. The molecule has 0 saturated carbocycles. The van der Waals surface area contributed by atoms with Crippen LogP contribution < -0.4 is 0 Å². The van der Waals surface area contributed by atoms with Gasteiger partial charge in [-0.15, -0.1) is 0 Å². The van der Waals surface area contributed by atoms with Crippen LogP contribution in [0.1, 0.15) is 27.7 Å². The van der Waals surface area contributed by atoms with Gasteiger partial charge in [0, 0.05) is 20.8 Å². The fourth-order valence-electron chi connectivity index (χ4n) is 1.70. The summed E-state index contributed by atoms with van der Waals surface area (Å²) in [6.45, 7) is 2.91. The van der Waals surface area contributed by atoms with Gasteiger partial charge < -0.3 is 34.6 Å². The number of aliphatic hydroxyl groups excluding tert-OH is 1. The molecule has 0 aliphatic heterocycles. The first-order valence-electron chi connectivity index (χ1n) is 6.28. The maximum absolute atomic E-state index is 11.7. The first-order valence-corrected chi connectivity index (χ1v) is 7.07. The van der Waals surface area contributed by atoms with Gasteiger partial charge in [0.05, 0.1) is 0 Å². The molecule has 4 atom stereocenters. The Labute approximate surface area is 144 Å². The molecule has 0 aliphatic rings. The lowest BCUT2D eigenvalue weighted by molar-refractivity contribution is -0.447. The smallest absolute Gasteiger partial charge is 0.355 e. The van der Waals surface area contributed by atoms with Gasteiger partial charge in [0.1, 0.15) is 6.10 Å². The molecule has 0 aliphatic carbocycles. The van der Waals surface area contributed by atoms with Crippen molar-refractivity contribution in [2.45, 2.75) is 51.2 Å². The van der Waals surface area contributed by atoms with Gasteiger partial charge in [-0.2, -0.15) is 0 Å². The number of halogens is 1. The quantitative estimate of drug-likeness (QED) is 0.157. The van der Waals surface area contributed by atoms with Crippen LogP contribution >= 0.6 is 15.9 Å². The summed E-state index contributed by atoms with van der Waals surface area (Å²) in [5.74, 6) is -15.4. The number of rotatable bonds is 7. The molecule has 0 aromatic heterocycles. The van der Waals surface area contributed by atoms with Gasteiger partial charge in [-0.1, -0.05) is 0 Å². The Bertz CT molecular complexity index is 547. The predicted molar refractivity (Wildman–Crippen MR) is 75.8 cm³/mol. The van der Waals surface area contributed by atoms with Crippen molar-refractivity contribution >= 4 is 38.5 Å². The lowest BCUT2D eigenvalue weighted by Gasteiger charge is -2.47. The van der Waals surface area contributed by atoms with E-state index in [1.165, 1.54) is 0 Å². The van der Waals surface area contributed by atoms with Crippen molar-refractivity contribution in [3.8, 4) is 0 Å². The maximum atomic E-state index is 11.7. The van der Waals surface area contributed by atoms with Crippen molar-refractivity contribution < 1.29 is 53.8 Å². The highest BCUT2D eigenvalue weighted by atomic mass is 79.9. The molecule has 0 aromatic carbocycles. The Kier molecular flexibility index (Phi) is 7.02. The molecule has 12 heteroatoms. The van der Waals surface area contributed by atoms with Crippen LogP contribution in [-0.2, 0) is 33.4 Å². The Morgan fingerprint density at radius 1 is 0.875 bits per heavy atom. The first-order chi connectivity index (χ1) is 10.6. The van der Waals surface area contributed by atoms with Gasteiger partial charge in [-0.05, 0) is 22.9 Å². The summed E-state index contributed by atoms with van der Waals surface area (Å²) in [6.07, 6.45) is -2.24. The monoisotopic (exact) mass is 416 g/mol. The number of carbonyl (C=O) groups is 4. The summed E-state index contributed by atoms with van der Waals surface area (Å²) in [7, 11) is 0. The second-order valence-electron chi connectivity index (χ2n) is 4.72. The number of ether oxygens (including phenoxy) is 3. The van der Waals surface area contributed by atoms with Crippen molar-refractivity contribution in [1.29, 1.82) is 0 Å². The van der Waals surface area contributed by atoms with E-state index in [0.717, 1.165) is 13.8 Å². The molecule has 0 unspecified atom stereocenters. The number of esters is 3. The second kappa shape index (κ2) is 7.53. The summed E-state index contributed by atoms with van der Waals surface area (Å²) in [6, 6.07) is 0. The largest absolute Gasteiger partial charge is 0.423 e. The summed E-state index contributed by atoms with van der Waals surface area (Å²) in [5, 5.41) is 40.9. The number of hydrogen-bond acceptors (Lipinski definition) is 11. The van der Waals surface area contributed by atoms with Crippen LogP contribution in [0.5, 0.6) is 0 Å². The van der Waals surface area contributed by atoms with Crippen LogP contribution in [-0.4, -0.2) is 66.5 Å². The molecule has 0 rings (SSSR count). The summed E-state index contributed by atoms with van der Waals surface area (Å²) in [5.41, 5.74) is 0. The van der Waals surface area contributed by atoms with Gasteiger partial charge in [-0.25, -0.2) is 0 Å². The second-order valence-corrected chi connectivity index (χ2v) is 5.44. The Hall–Kier alpha value is -1.60. The highest BCUT2D eigenvalue weighted by molar-refractivity contribution is 9.18. The standard InChI is InChI=1S/C12H17BrO11/c1-5(14)10(19,22-6(2)15)12(21,24-8(4)17)11(20,9(13)18)23-7(3)16/h5,14,19-21H,1-4H3/t5-,10-,11-,12-/m0/s1. The summed E-state index contributed by atoms with van der Waals surface area (Å²) < 4.78 is 11.3. The normalized spacial score (nSPS) is 19.7. The minimum absolute atomic E-state index is 0.689. The van der Waals surface area contributed by atoms with Gasteiger partial charge in [0.2, 0.25) is 0 Å². The summed E-state index contributed by atoms with van der Waals surface area (Å²) >= 11 is 2.21. The van der Waals surface area contributed by atoms with Gasteiger partial charge in [0.25, 0.3) is 4.69 Å². The lowest BCUT2D eigenvalue weighted by Crippen LogP contribution is -2.76. The van der Waals surface area contributed by atoms with Crippen LogP contribution in [0.3, 0.4) is 0 Å². The fraction of sp³-hybridized carbons (Fsp3) is 0.667. The zero-order valence-corrected chi connectivity index (χ0v) is 14.7. The SMILES string of the molecule is CC(=O)O[C@](O)([C@@](O)(OC(C)=O)C(=O)Br)[C@@](O)(OC(C)=O)[C@H](C)O. The van der Waals surface area contributed by atoms with Gasteiger partial charge >= 0.3 is 35.3 Å². The molecule has 0 heterocycles.